The maximum absolute atomic E-state index is 8.79. The minimum atomic E-state index is -0.420. The fourth-order valence-corrected chi connectivity index (χ4v) is 1.97. The summed E-state index contributed by atoms with van der Waals surface area (Å²) in [6, 6.07) is 5.34. The summed E-state index contributed by atoms with van der Waals surface area (Å²) in [5.74, 6) is 1.79. The van der Waals surface area contributed by atoms with Crippen molar-refractivity contribution >= 4 is 24.8 Å². The van der Waals surface area contributed by atoms with Crippen LogP contribution in [0.2, 0.25) is 5.15 Å². The van der Waals surface area contributed by atoms with Gasteiger partial charge >= 0.3 is 7.12 Å². The van der Waals surface area contributed by atoms with E-state index in [9.17, 15) is 0 Å². The third-order valence-electron chi connectivity index (χ3n) is 3.69. The lowest BCUT2D eigenvalue weighted by Crippen LogP contribution is -2.41. The van der Waals surface area contributed by atoms with Gasteiger partial charge in [-0.05, 0) is 45.9 Å². The van der Waals surface area contributed by atoms with E-state index in [-0.39, 0.29) is 16.4 Å². The van der Waals surface area contributed by atoms with Crippen LogP contribution in [0.15, 0.2) is 18.1 Å². The molecule has 0 atom stereocenters. The van der Waals surface area contributed by atoms with E-state index in [4.69, 9.17) is 26.2 Å². The summed E-state index contributed by atoms with van der Waals surface area (Å²) in [6.45, 7) is 7.99. The Hall–Kier alpha value is -1.35. The molecule has 0 amide bonds. The van der Waals surface area contributed by atoms with Gasteiger partial charge in [0.25, 0.3) is 0 Å². The maximum atomic E-state index is 8.79. The normalized spacial score (nSPS) is 20.3. The van der Waals surface area contributed by atoms with Gasteiger partial charge in [-0.3, -0.25) is 0 Å². The molecule has 0 bridgehead atoms. The molecule has 2 heterocycles. The highest BCUT2D eigenvalue weighted by atomic mass is 35.5. The van der Waals surface area contributed by atoms with Crippen LogP contribution < -0.4 is 0 Å². The second-order valence-electron chi connectivity index (χ2n) is 5.67. The lowest BCUT2D eigenvalue weighted by Gasteiger charge is -2.32. The molecular weight excluding hydrogens is 274 g/mol. The number of nitriles is 1. The van der Waals surface area contributed by atoms with Gasteiger partial charge in [-0.1, -0.05) is 17.6 Å². The molecule has 1 aromatic rings. The molecule has 0 N–H and O–H groups in total. The molecule has 1 aliphatic rings. The average Bonchev–Trinajstić information content (AvgIpc) is 2.55. The Labute approximate surface area is 124 Å². The van der Waals surface area contributed by atoms with Gasteiger partial charge in [-0.2, -0.15) is 5.26 Å². The fraction of sp³-hybridized carbons (Fsp3) is 0.429. The molecule has 0 unspecified atom stereocenters. The molecule has 4 nitrogen and oxygen atoms in total. The second kappa shape index (κ2) is 5.21. The minimum absolute atomic E-state index is 0.198. The van der Waals surface area contributed by atoms with E-state index in [0.717, 1.165) is 0 Å². The number of aromatic nitrogens is 1. The number of halogens is 1. The van der Waals surface area contributed by atoms with Crippen LogP contribution in [-0.2, 0) is 9.31 Å². The van der Waals surface area contributed by atoms with Crippen LogP contribution in [0.3, 0.4) is 0 Å². The van der Waals surface area contributed by atoms with Crippen LogP contribution in [0.4, 0.5) is 0 Å². The molecule has 104 valence electrons. The molecule has 0 aliphatic carbocycles. The Kier molecular flexibility index (Phi) is 3.92. The van der Waals surface area contributed by atoms with Gasteiger partial charge in [0, 0.05) is 0 Å². The van der Waals surface area contributed by atoms with Crippen molar-refractivity contribution in [1.29, 1.82) is 5.26 Å². The highest BCUT2D eigenvalue weighted by Crippen LogP contribution is 2.36. The zero-order valence-corrected chi connectivity index (χ0v) is 12.7. The number of pyridine rings is 1. The Morgan fingerprint density at radius 3 is 2.35 bits per heavy atom. The van der Waals surface area contributed by atoms with Crippen LogP contribution in [0.1, 0.15) is 39.0 Å². The van der Waals surface area contributed by atoms with Crippen molar-refractivity contribution in [2.75, 3.05) is 0 Å². The van der Waals surface area contributed by atoms with Gasteiger partial charge < -0.3 is 9.31 Å². The summed E-state index contributed by atoms with van der Waals surface area (Å²) in [7, 11) is -0.420. The zero-order chi connectivity index (χ0) is 15.0. The average molecular weight is 291 g/mol. The number of hydrogen-bond acceptors (Lipinski definition) is 4. The van der Waals surface area contributed by atoms with Crippen LogP contribution in [0.25, 0.3) is 6.08 Å². The lowest BCUT2D eigenvalue weighted by molar-refractivity contribution is 0.00578. The molecule has 20 heavy (non-hydrogen) atoms. The summed E-state index contributed by atoms with van der Waals surface area (Å²) in [6.07, 6.45) is 1.77. The Morgan fingerprint density at radius 2 is 1.85 bits per heavy atom. The first-order chi connectivity index (χ1) is 9.25. The number of hydrogen-bond donors (Lipinski definition) is 0. The lowest BCUT2D eigenvalue weighted by atomic mass is 9.89. The van der Waals surface area contributed by atoms with Crippen molar-refractivity contribution in [3.05, 3.63) is 34.5 Å². The molecule has 1 saturated heterocycles. The van der Waals surface area contributed by atoms with Crippen molar-refractivity contribution in [2.24, 2.45) is 0 Å². The van der Waals surface area contributed by atoms with E-state index in [1.807, 2.05) is 33.8 Å². The summed E-state index contributed by atoms with van der Waals surface area (Å²) >= 11 is 5.89. The van der Waals surface area contributed by atoms with E-state index in [0.29, 0.717) is 11.3 Å². The molecular formula is C14H16BClN2O2. The van der Waals surface area contributed by atoms with Gasteiger partial charge in [0.1, 0.15) is 11.2 Å². The highest BCUT2D eigenvalue weighted by Gasteiger charge is 2.49. The van der Waals surface area contributed by atoms with Gasteiger partial charge in [-0.15, -0.1) is 0 Å². The Morgan fingerprint density at radius 1 is 1.25 bits per heavy atom. The van der Waals surface area contributed by atoms with Crippen LogP contribution in [-0.4, -0.2) is 23.3 Å². The van der Waals surface area contributed by atoms with Crippen LogP contribution in [0.5, 0.6) is 0 Å². The molecule has 0 radical (unpaired) electrons. The van der Waals surface area contributed by atoms with Crippen molar-refractivity contribution < 1.29 is 9.31 Å². The van der Waals surface area contributed by atoms with Crippen LogP contribution >= 0.6 is 11.6 Å². The monoisotopic (exact) mass is 290 g/mol. The standard InChI is InChI=1S/C14H16BClN2O2/c1-13(2)14(3,4)20-15(19-13)8-7-11-6-5-10(9-17)12(16)18-11/h5-8H,1-4H3/b8-7+. The third kappa shape index (κ3) is 2.88. The highest BCUT2D eigenvalue weighted by molar-refractivity contribution is 6.52. The Bertz CT molecular complexity index is 577. The van der Waals surface area contributed by atoms with Gasteiger partial charge in [0.15, 0.2) is 0 Å². The quantitative estimate of drug-likeness (QED) is 0.620. The third-order valence-corrected chi connectivity index (χ3v) is 3.97. The van der Waals surface area contributed by atoms with Gasteiger partial charge in [0.2, 0.25) is 0 Å². The SMILES string of the molecule is CC1(C)OB(/C=C/c2ccc(C#N)c(Cl)n2)OC1(C)C. The molecule has 0 spiro atoms. The zero-order valence-electron chi connectivity index (χ0n) is 12.0. The maximum Gasteiger partial charge on any atom is 0.487 e. The molecule has 1 aliphatic heterocycles. The number of rotatable bonds is 2. The summed E-state index contributed by atoms with van der Waals surface area (Å²) < 4.78 is 11.7. The smallest absolute Gasteiger partial charge is 0.400 e. The van der Waals surface area contributed by atoms with Crippen molar-refractivity contribution in [3.63, 3.8) is 0 Å². The van der Waals surface area contributed by atoms with Gasteiger partial charge in [0.05, 0.1) is 22.5 Å². The molecule has 1 fully saturated rings. The Balaban J connectivity index is 2.12. The predicted octanol–water partition coefficient (Wildman–Crippen LogP) is 3.25. The summed E-state index contributed by atoms with van der Waals surface area (Å²) in [5, 5.41) is 8.99. The number of nitrogens with zero attached hydrogens (tertiary/aromatic N) is 2. The predicted molar refractivity (Wildman–Crippen MR) is 79.1 cm³/mol. The molecule has 0 aromatic carbocycles. The molecule has 6 heteroatoms. The second-order valence-corrected chi connectivity index (χ2v) is 6.03. The van der Waals surface area contributed by atoms with Crippen molar-refractivity contribution in [3.8, 4) is 6.07 Å². The van der Waals surface area contributed by atoms with Gasteiger partial charge in [-0.25, -0.2) is 4.98 Å². The molecule has 1 aromatic heterocycles. The largest absolute Gasteiger partial charge is 0.487 e. The van der Waals surface area contributed by atoms with E-state index < -0.39 is 7.12 Å². The minimum Gasteiger partial charge on any atom is -0.400 e. The van der Waals surface area contributed by atoms with E-state index >= 15 is 0 Å². The van der Waals surface area contributed by atoms with E-state index in [1.54, 1.807) is 24.2 Å². The summed E-state index contributed by atoms with van der Waals surface area (Å²) in [4.78, 5) is 4.12. The first-order valence-electron chi connectivity index (χ1n) is 6.36. The van der Waals surface area contributed by atoms with E-state index in [1.165, 1.54) is 0 Å². The fourth-order valence-electron chi connectivity index (χ4n) is 1.77. The first-order valence-corrected chi connectivity index (χ1v) is 6.73. The van der Waals surface area contributed by atoms with Crippen molar-refractivity contribution in [2.45, 2.75) is 38.9 Å². The van der Waals surface area contributed by atoms with Crippen molar-refractivity contribution in [1.82, 2.24) is 4.98 Å². The van der Waals surface area contributed by atoms with Crippen LogP contribution in [0, 0.1) is 11.3 Å². The molecule has 2 rings (SSSR count). The topological polar surface area (TPSA) is 55.1 Å². The first kappa shape index (κ1) is 15.1. The molecule has 0 saturated carbocycles. The van der Waals surface area contributed by atoms with E-state index in [2.05, 4.69) is 4.98 Å². The summed E-state index contributed by atoms with van der Waals surface area (Å²) in [5.41, 5.74) is 0.290.